The van der Waals surface area contributed by atoms with Crippen LogP contribution in [0.3, 0.4) is 0 Å². The predicted octanol–water partition coefficient (Wildman–Crippen LogP) is 7.86. The summed E-state index contributed by atoms with van der Waals surface area (Å²) >= 11 is 4.29. The van der Waals surface area contributed by atoms with Crippen molar-refractivity contribution in [1.29, 1.82) is 0 Å². The standard InChI is InChI=1S/C27H22F3NO2S/c1-15(2)22-14-31-25-20(8-5-9-23(25)27(28,29)30)24(22)17-6-4-7-18(12-17)33-26(32)21-13-19(34)11-10-16(21)3/h4-15,34H,1-3H3. The van der Waals surface area contributed by atoms with Crippen LogP contribution in [0.1, 0.15) is 46.8 Å². The third kappa shape index (κ3) is 4.66. The molecule has 0 aliphatic carbocycles. The summed E-state index contributed by atoms with van der Waals surface area (Å²) in [6.07, 6.45) is -3.03. The van der Waals surface area contributed by atoms with E-state index in [0.29, 0.717) is 27.0 Å². The third-order valence-corrected chi connectivity index (χ3v) is 5.91. The van der Waals surface area contributed by atoms with E-state index in [9.17, 15) is 18.0 Å². The molecule has 0 saturated carbocycles. The van der Waals surface area contributed by atoms with Gasteiger partial charge in [0.05, 0.1) is 16.6 Å². The molecule has 0 aliphatic heterocycles. The monoisotopic (exact) mass is 481 g/mol. The highest BCUT2D eigenvalue weighted by atomic mass is 32.1. The molecule has 0 amide bonds. The topological polar surface area (TPSA) is 39.2 Å². The van der Waals surface area contributed by atoms with Gasteiger partial charge in [0.25, 0.3) is 0 Å². The molecule has 3 aromatic carbocycles. The van der Waals surface area contributed by atoms with Gasteiger partial charge in [0.15, 0.2) is 0 Å². The van der Waals surface area contributed by atoms with Crippen LogP contribution >= 0.6 is 12.6 Å². The molecule has 0 bridgehead atoms. The molecule has 174 valence electrons. The highest BCUT2D eigenvalue weighted by Crippen LogP contribution is 2.40. The smallest absolute Gasteiger partial charge is 0.418 e. The van der Waals surface area contributed by atoms with Gasteiger partial charge in [-0.1, -0.05) is 44.2 Å². The number of esters is 1. The van der Waals surface area contributed by atoms with Crippen LogP contribution in [0.5, 0.6) is 5.75 Å². The van der Waals surface area contributed by atoms with Gasteiger partial charge in [-0.25, -0.2) is 4.79 Å². The van der Waals surface area contributed by atoms with Gasteiger partial charge in [-0.2, -0.15) is 13.2 Å². The number of alkyl halides is 3. The van der Waals surface area contributed by atoms with E-state index < -0.39 is 17.7 Å². The summed E-state index contributed by atoms with van der Waals surface area (Å²) in [7, 11) is 0. The van der Waals surface area contributed by atoms with E-state index in [1.165, 1.54) is 12.3 Å². The lowest BCUT2D eigenvalue weighted by atomic mass is 9.90. The van der Waals surface area contributed by atoms with E-state index in [-0.39, 0.29) is 17.2 Å². The first-order valence-corrected chi connectivity index (χ1v) is 11.1. The molecule has 1 heterocycles. The van der Waals surface area contributed by atoms with Crippen LogP contribution in [0, 0.1) is 6.92 Å². The molecule has 0 spiro atoms. The quantitative estimate of drug-likeness (QED) is 0.183. The molecule has 3 nitrogen and oxygen atoms in total. The minimum absolute atomic E-state index is 0.00780. The SMILES string of the molecule is Cc1ccc(S)cc1C(=O)Oc1cccc(-c2c(C(C)C)cnc3c(C(F)(F)F)cccc23)c1. The largest absolute Gasteiger partial charge is 0.423 e. The number of thiol groups is 1. The number of fused-ring (bicyclic) bond motifs is 1. The number of ether oxygens (including phenoxy) is 1. The Labute approximate surface area is 201 Å². The zero-order valence-corrected chi connectivity index (χ0v) is 19.7. The van der Waals surface area contributed by atoms with E-state index in [2.05, 4.69) is 17.6 Å². The van der Waals surface area contributed by atoms with Gasteiger partial charge in [0.2, 0.25) is 0 Å². The van der Waals surface area contributed by atoms with Crippen LogP contribution in [-0.2, 0) is 6.18 Å². The van der Waals surface area contributed by atoms with Crippen LogP contribution in [0.25, 0.3) is 22.0 Å². The number of nitrogens with zero attached hydrogens (tertiary/aromatic N) is 1. The first kappa shape index (κ1) is 23.8. The average Bonchev–Trinajstić information content (AvgIpc) is 2.78. The summed E-state index contributed by atoms with van der Waals surface area (Å²) in [6.45, 7) is 5.71. The minimum Gasteiger partial charge on any atom is -0.423 e. The Bertz CT molecular complexity index is 1400. The number of hydrogen-bond acceptors (Lipinski definition) is 4. The Hall–Kier alpha value is -3.32. The molecule has 0 atom stereocenters. The van der Waals surface area contributed by atoms with E-state index in [1.807, 2.05) is 13.8 Å². The van der Waals surface area contributed by atoms with Gasteiger partial charge in [-0.05, 0) is 65.4 Å². The first-order chi connectivity index (χ1) is 16.1. The Balaban J connectivity index is 1.83. The van der Waals surface area contributed by atoms with E-state index in [1.54, 1.807) is 55.5 Å². The number of pyridine rings is 1. The first-order valence-electron chi connectivity index (χ1n) is 10.7. The number of aryl methyl sites for hydroxylation is 1. The van der Waals surface area contributed by atoms with Gasteiger partial charge in [0.1, 0.15) is 5.75 Å². The lowest BCUT2D eigenvalue weighted by molar-refractivity contribution is -0.136. The number of benzene rings is 3. The van der Waals surface area contributed by atoms with Gasteiger partial charge in [-0.3, -0.25) is 4.98 Å². The number of para-hydroxylation sites is 1. The second-order valence-corrected chi connectivity index (χ2v) is 8.88. The van der Waals surface area contributed by atoms with Crippen molar-refractivity contribution < 1.29 is 22.7 Å². The Morgan fingerprint density at radius 1 is 1.03 bits per heavy atom. The molecule has 0 N–H and O–H groups in total. The van der Waals surface area contributed by atoms with E-state index in [4.69, 9.17) is 4.74 Å². The average molecular weight is 482 g/mol. The molecule has 7 heteroatoms. The summed E-state index contributed by atoms with van der Waals surface area (Å²) in [5.41, 5.74) is 2.32. The predicted molar refractivity (Wildman–Crippen MR) is 130 cm³/mol. The van der Waals surface area contributed by atoms with Crippen LogP contribution in [0.2, 0.25) is 0 Å². The Morgan fingerprint density at radius 3 is 2.47 bits per heavy atom. The van der Waals surface area contributed by atoms with Gasteiger partial charge < -0.3 is 4.74 Å². The van der Waals surface area contributed by atoms with Crippen LogP contribution in [0.4, 0.5) is 13.2 Å². The number of halogens is 3. The number of hydrogen-bond donors (Lipinski definition) is 1. The van der Waals surface area contributed by atoms with Crippen molar-refractivity contribution in [2.24, 2.45) is 0 Å². The molecule has 0 saturated heterocycles. The van der Waals surface area contributed by atoms with Crippen LogP contribution in [-0.4, -0.2) is 11.0 Å². The maximum atomic E-state index is 13.6. The van der Waals surface area contributed by atoms with Crippen molar-refractivity contribution in [1.82, 2.24) is 4.98 Å². The third-order valence-electron chi connectivity index (χ3n) is 5.63. The second-order valence-electron chi connectivity index (χ2n) is 8.36. The van der Waals surface area contributed by atoms with E-state index in [0.717, 1.165) is 17.2 Å². The summed E-state index contributed by atoms with van der Waals surface area (Å²) in [4.78, 5) is 17.6. The molecule has 4 rings (SSSR count). The summed E-state index contributed by atoms with van der Waals surface area (Å²) in [5.74, 6) is -0.236. The highest BCUT2D eigenvalue weighted by molar-refractivity contribution is 7.80. The fourth-order valence-corrected chi connectivity index (χ4v) is 4.14. The molecule has 4 aromatic rings. The Morgan fingerprint density at radius 2 is 1.76 bits per heavy atom. The molecule has 1 aromatic heterocycles. The lowest BCUT2D eigenvalue weighted by Gasteiger charge is -2.18. The zero-order chi connectivity index (χ0) is 24.6. The second kappa shape index (κ2) is 9.14. The van der Waals surface area contributed by atoms with Crippen molar-refractivity contribution in [3.8, 4) is 16.9 Å². The van der Waals surface area contributed by atoms with Crippen molar-refractivity contribution >= 4 is 29.5 Å². The number of aromatic nitrogens is 1. The molecule has 0 fully saturated rings. The van der Waals surface area contributed by atoms with Crippen molar-refractivity contribution in [2.75, 3.05) is 0 Å². The summed E-state index contributed by atoms with van der Waals surface area (Å²) in [6, 6.07) is 16.1. The molecule has 0 radical (unpaired) electrons. The van der Waals surface area contributed by atoms with Gasteiger partial charge in [-0.15, -0.1) is 12.6 Å². The fourth-order valence-electron chi connectivity index (χ4n) is 3.93. The van der Waals surface area contributed by atoms with Crippen LogP contribution < -0.4 is 4.74 Å². The lowest BCUT2D eigenvalue weighted by Crippen LogP contribution is -2.10. The molecule has 0 unspecified atom stereocenters. The summed E-state index contributed by atoms with van der Waals surface area (Å²) < 4.78 is 46.5. The van der Waals surface area contributed by atoms with Gasteiger partial charge >= 0.3 is 12.1 Å². The normalized spacial score (nSPS) is 11.8. The van der Waals surface area contributed by atoms with Gasteiger partial charge in [0, 0.05) is 16.5 Å². The van der Waals surface area contributed by atoms with Crippen molar-refractivity contribution in [2.45, 2.75) is 37.8 Å². The minimum atomic E-state index is -4.53. The zero-order valence-electron chi connectivity index (χ0n) is 18.8. The van der Waals surface area contributed by atoms with Crippen LogP contribution in [0.15, 0.2) is 71.8 Å². The van der Waals surface area contributed by atoms with Crippen molar-refractivity contribution in [3.05, 3.63) is 89.1 Å². The van der Waals surface area contributed by atoms with E-state index >= 15 is 0 Å². The molecule has 34 heavy (non-hydrogen) atoms. The summed E-state index contributed by atoms with van der Waals surface area (Å²) in [5, 5.41) is 0.392. The Kier molecular flexibility index (Phi) is 6.41. The molecular weight excluding hydrogens is 459 g/mol. The van der Waals surface area contributed by atoms with Crippen molar-refractivity contribution in [3.63, 3.8) is 0 Å². The fraction of sp³-hybridized carbons (Fsp3) is 0.185. The number of carbonyl (C=O) groups is 1. The maximum Gasteiger partial charge on any atom is 0.418 e. The maximum absolute atomic E-state index is 13.6. The molecular formula is C27H22F3NO2S. The number of carbonyl (C=O) groups excluding carboxylic acids is 1. The highest BCUT2D eigenvalue weighted by Gasteiger charge is 2.33. The molecule has 0 aliphatic rings. The number of rotatable bonds is 4.